The standard InChI is InChI=1S/C17H28O3/c1-10(2)13-6-4-11(3)8-15(13)20-17(18)12-5-7-14-16(9-12)19-14/h10-16H,4-9H2,1-3H3. The number of ether oxygens (including phenoxy) is 2. The molecule has 1 heterocycles. The quantitative estimate of drug-likeness (QED) is 0.586. The summed E-state index contributed by atoms with van der Waals surface area (Å²) in [6.07, 6.45) is 7.36. The van der Waals surface area contributed by atoms with Gasteiger partial charge in [-0.3, -0.25) is 4.79 Å². The normalized spacial score (nSPS) is 44.0. The summed E-state index contributed by atoms with van der Waals surface area (Å²) in [4.78, 5) is 12.4. The summed E-state index contributed by atoms with van der Waals surface area (Å²) >= 11 is 0. The van der Waals surface area contributed by atoms with Crippen LogP contribution in [0.15, 0.2) is 0 Å². The van der Waals surface area contributed by atoms with Gasteiger partial charge in [-0.2, -0.15) is 0 Å². The molecule has 3 nitrogen and oxygen atoms in total. The first kappa shape index (κ1) is 14.4. The van der Waals surface area contributed by atoms with Gasteiger partial charge in [0.1, 0.15) is 6.10 Å². The lowest BCUT2D eigenvalue weighted by Gasteiger charge is -2.37. The van der Waals surface area contributed by atoms with Crippen molar-refractivity contribution >= 4 is 5.97 Å². The topological polar surface area (TPSA) is 38.8 Å². The fraction of sp³-hybridized carbons (Fsp3) is 0.941. The second-order valence-corrected chi connectivity index (χ2v) is 7.52. The smallest absolute Gasteiger partial charge is 0.309 e. The molecule has 2 saturated carbocycles. The van der Waals surface area contributed by atoms with Crippen molar-refractivity contribution in [2.45, 2.75) is 77.6 Å². The first-order chi connectivity index (χ1) is 9.54. The molecular formula is C17H28O3. The predicted octanol–water partition coefficient (Wildman–Crippen LogP) is 3.56. The Hall–Kier alpha value is -0.570. The Balaban J connectivity index is 1.57. The van der Waals surface area contributed by atoms with Gasteiger partial charge in [0.05, 0.1) is 18.1 Å². The van der Waals surface area contributed by atoms with Gasteiger partial charge < -0.3 is 9.47 Å². The predicted molar refractivity (Wildman–Crippen MR) is 77.2 cm³/mol. The van der Waals surface area contributed by atoms with Crippen LogP contribution in [0.3, 0.4) is 0 Å². The summed E-state index contributed by atoms with van der Waals surface area (Å²) in [5.74, 6) is 1.96. The number of hydrogen-bond acceptors (Lipinski definition) is 3. The molecule has 114 valence electrons. The zero-order chi connectivity index (χ0) is 14.3. The number of esters is 1. The first-order valence-corrected chi connectivity index (χ1v) is 8.40. The van der Waals surface area contributed by atoms with Crippen LogP contribution in [0.1, 0.15) is 59.3 Å². The van der Waals surface area contributed by atoms with Gasteiger partial charge >= 0.3 is 5.97 Å². The highest BCUT2D eigenvalue weighted by molar-refractivity contribution is 5.73. The Morgan fingerprint density at radius 2 is 1.90 bits per heavy atom. The Labute approximate surface area is 122 Å². The second-order valence-electron chi connectivity index (χ2n) is 7.52. The van der Waals surface area contributed by atoms with E-state index in [-0.39, 0.29) is 18.0 Å². The minimum absolute atomic E-state index is 0.0451. The monoisotopic (exact) mass is 280 g/mol. The van der Waals surface area contributed by atoms with Crippen molar-refractivity contribution in [2.75, 3.05) is 0 Å². The highest BCUT2D eigenvalue weighted by Gasteiger charge is 2.46. The third-order valence-electron chi connectivity index (χ3n) is 5.57. The van der Waals surface area contributed by atoms with Crippen LogP contribution in [0, 0.1) is 23.7 Å². The van der Waals surface area contributed by atoms with E-state index in [4.69, 9.17) is 9.47 Å². The number of carbonyl (C=O) groups excluding carboxylic acids is 1. The lowest BCUT2D eigenvalue weighted by atomic mass is 9.75. The highest BCUT2D eigenvalue weighted by Crippen LogP contribution is 2.41. The minimum atomic E-state index is 0.0451. The van der Waals surface area contributed by atoms with Crippen LogP contribution in [-0.2, 0) is 14.3 Å². The summed E-state index contributed by atoms with van der Waals surface area (Å²) in [5, 5.41) is 0. The van der Waals surface area contributed by atoms with E-state index in [0.29, 0.717) is 30.0 Å². The highest BCUT2D eigenvalue weighted by atomic mass is 16.6. The van der Waals surface area contributed by atoms with Crippen LogP contribution in [-0.4, -0.2) is 24.3 Å². The van der Waals surface area contributed by atoms with E-state index in [0.717, 1.165) is 25.7 Å². The van der Waals surface area contributed by atoms with Gasteiger partial charge in [0.25, 0.3) is 0 Å². The maximum absolute atomic E-state index is 12.4. The molecule has 2 aliphatic carbocycles. The number of fused-ring (bicyclic) bond motifs is 1. The maximum Gasteiger partial charge on any atom is 0.309 e. The third kappa shape index (κ3) is 3.03. The zero-order valence-electron chi connectivity index (χ0n) is 13.0. The van der Waals surface area contributed by atoms with E-state index in [9.17, 15) is 4.79 Å². The number of carbonyl (C=O) groups is 1. The van der Waals surface area contributed by atoms with Crippen LogP contribution in [0.25, 0.3) is 0 Å². The second kappa shape index (κ2) is 5.67. The van der Waals surface area contributed by atoms with Crippen molar-refractivity contribution in [3.8, 4) is 0 Å². The van der Waals surface area contributed by atoms with Crippen LogP contribution in [0.4, 0.5) is 0 Å². The molecule has 0 aromatic carbocycles. The Morgan fingerprint density at radius 1 is 1.10 bits per heavy atom. The summed E-state index contributed by atoms with van der Waals surface area (Å²) in [5.41, 5.74) is 0. The number of hydrogen-bond donors (Lipinski definition) is 0. The Kier molecular flexibility index (Phi) is 4.07. The molecule has 0 N–H and O–H groups in total. The van der Waals surface area contributed by atoms with Crippen molar-refractivity contribution in [2.24, 2.45) is 23.7 Å². The van der Waals surface area contributed by atoms with Gasteiger partial charge in [-0.05, 0) is 49.9 Å². The average molecular weight is 280 g/mol. The molecule has 3 fully saturated rings. The molecule has 3 heteroatoms. The number of rotatable bonds is 3. The van der Waals surface area contributed by atoms with E-state index in [1.807, 2.05) is 0 Å². The van der Waals surface area contributed by atoms with Gasteiger partial charge in [-0.1, -0.05) is 27.2 Å². The molecule has 0 aromatic heterocycles. The fourth-order valence-electron chi connectivity index (χ4n) is 4.11. The molecule has 20 heavy (non-hydrogen) atoms. The Morgan fingerprint density at radius 3 is 2.60 bits per heavy atom. The molecule has 3 rings (SSSR count). The lowest BCUT2D eigenvalue weighted by molar-refractivity contribution is -0.161. The van der Waals surface area contributed by atoms with E-state index in [1.54, 1.807) is 0 Å². The average Bonchev–Trinajstić information content (AvgIpc) is 3.16. The van der Waals surface area contributed by atoms with Crippen LogP contribution in [0.2, 0.25) is 0 Å². The van der Waals surface area contributed by atoms with Crippen LogP contribution in [0.5, 0.6) is 0 Å². The molecule has 0 spiro atoms. The van der Waals surface area contributed by atoms with Gasteiger partial charge in [0.15, 0.2) is 0 Å². The summed E-state index contributed by atoms with van der Waals surface area (Å²) in [6.45, 7) is 6.79. The summed E-state index contributed by atoms with van der Waals surface area (Å²) < 4.78 is 11.5. The van der Waals surface area contributed by atoms with Crippen molar-refractivity contribution in [3.63, 3.8) is 0 Å². The van der Waals surface area contributed by atoms with Crippen molar-refractivity contribution < 1.29 is 14.3 Å². The molecule has 0 aromatic rings. The van der Waals surface area contributed by atoms with E-state index >= 15 is 0 Å². The van der Waals surface area contributed by atoms with Crippen molar-refractivity contribution in [3.05, 3.63) is 0 Å². The van der Waals surface area contributed by atoms with Gasteiger partial charge in [-0.25, -0.2) is 0 Å². The minimum Gasteiger partial charge on any atom is -0.462 e. The maximum atomic E-state index is 12.4. The van der Waals surface area contributed by atoms with Crippen LogP contribution < -0.4 is 0 Å². The summed E-state index contributed by atoms with van der Waals surface area (Å²) in [6, 6.07) is 0. The lowest BCUT2D eigenvalue weighted by Crippen LogP contribution is -2.38. The molecule has 3 aliphatic rings. The molecular weight excluding hydrogens is 252 g/mol. The molecule has 0 amide bonds. The van der Waals surface area contributed by atoms with Crippen LogP contribution >= 0.6 is 0 Å². The van der Waals surface area contributed by atoms with Crippen molar-refractivity contribution in [1.29, 1.82) is 0 Å². The molecule has 6 unspecified atom stereocenters. The number of epoxide rings is 1. The molecule has 0 bridgehead atoms. The largest absolute Gasteiger partial charge is 0.462 e. The first-order valence-electron chi connectivity index (χ1n) is 8.40. The molecule has 1 aliphatic heterocycles. The molecule has 0 radical (unpaired) electrons. The van der Waals surface area contributed by atoms with E-state index in [1.165, 1.54) is 12.8 Å². The zero-order valence-corrected chi connectivity index (χ0v) is 13.0. The van der Waals surface area contributed by atoms with Crippen molar-refractivity contribution in [1.82, 2.24) is 0 Å². The molecule has 6 atom stereocenters. The van der Waals surface area contributed by atoms with E-state index in [2.05, 4.69) is 20.8 Å². The summed E-state index contributed by atoms with van der Waals surface area (Å²) in [7, 11) is 0. The molecule has 1 saturated heterocycles. The van der Waals surface area contributed by atoms with E-state index < -0.39 is 0 Å². The van der Waals surface area contributed by atoms with Gasteiger partial charge in [-0.15, -0.1) is 0 Å². The van der Waals surface area contributed by atoms with Gasteiger partial charge in [0.2, 0.25) is 0 Å². The third-order valence-corrected chi connectivity index (χ3v) is 5.57. The SMILES string of the molecule is CC1CCC(C(C)C)C(OC(=O)C2CCC3OC3C2)C1. The Bertz CT molecular complexity index is 365. The van der Waals surface area contributed by atoms with Gasteiger partial charge in [0, 0.05) is 0 Å². The fourth-order valence-corrected chi connectivity index (χ4v) is 4.11.